The highest BCUT2D eigenvalue weighted by atomic mass is 32.2. The number of hydrogen-bond donors (Lipinski definition) is 2. The van der Waals surface area contributed by atoms with E-state index in [1.165, 1.54) is 18.1 Å². The van der Waals surface area contributed by atoms with Crippen molar-refractivity contribution in [3.05, 3.63) is 22.4 Å². The van der Waals surface area contributed by atoms with Crippen LogP contribution >= 0.6 is 11.8 Å². The average molecular weight is 308 g/mol. The van der Waals surface area contributed by atoms with Crippen LogP contribution in [0.1, 0.15) is 38.7 Å². The normalized spacial score (nSPS) is 11.1. The van der Waals surface area contributed by atoms with Gasteiger partial charge in [0.1, 0.15) is 17.2 Å². The van der Waals surface area contributed by atoms with Crippen LogP contribution in [0.3, 0.4) is 0 Å². The van der Waals surface area contributed by atoms with Crippen LogP contribution in [0.25, 0.3) is 0 Å². The van der Waals surface area contributed by atoms with E-state index in [0.29, 0.717) is 11.7 Å². The van der Waals surface area contributed by atoms with E-state index in [0.717, 1.165) is 22.8 Å². The number of anilines is 1. The summed E-state index contributed by atoms with van der Waals surface area (Å²) in [6.45, 7) is 6.84. The molecule has 114 valence electrons. The number of nitrogens with zero attached hydrogens (tertiary/aromatic N) is 4. The van der Waals surface area contributed by atoms with Gasteiger partial charge in [0.2, 0.25) is 0 Å². The van der Waals surface area contributed by atoms with Crippen LogP contribution in [0.5, 0.6) is 0 Å². The third-order valence-electron chi connectivity index (χ3n) is 3.02. The van der Waals surface area contributed by atoms with Crippen molar-refractivity contribution in [2.24, 2.45) is 0 Å². The van der Waals surface area contributed by atoms with Crippen molar-refractivity contribution in [3.63, 3.8) is 0 Å². The predicted molar refractivity (Wildman–Crippen MR) is 82.9 cm³/mol. The van der Waals surface area contributed by atoms with Crippen molar-refractivity contribution >= 4 is 17.6 Å². The first-order valence-electron chi connectivity index (χ1n) is 6.94. The molecule has 2 aromatic rings. The molecule has 0 radical (unpaired) electrons. The van der Waals surface area contributed by atoms with Crippen molar-refractivity contribution in [2.75, 3.05) is 12.4 Å². The Hall–Kier alpha value is -1.83. The smallest absolute Gasteiger partial charge is 0.343 e. The summed E-state index contributed by atoms with van der Waals surface area (Å²) in [7, 11) is 1.84. The van der Waals surface area contributed by atoms with Crippen molar-refractivity contribution < 1.29 is 0 Å². The second kappa shape index (κ2) is 6.75. The Labute approximate surface area is 127 Å². The molecule has 0 spiro atoms. The Balaban J connectivity index is 2.42. The van der Waals surface area contributed by atoms with Crippen LogP contribution in [-0.2, 0) is 6.54 Å². The van der Waals surface area contributed by atoms with E-state index in [-0.39, 0.29) is 11.6 Å². The van der Waals surface area contributed by atoms with E-state index >= 15 is 0 Å². The van der Waals surface area contributed by atoms with E-state index in [1.807, 2.05) is 14.0 Å². The fourth-order valence-corrected chi connectivity index (χ4v) is 3.16. The summed E-state index contributed by atoms with van der Waals surface area (Å²) in [4.78, 5) is 20.4. The third-order valence-corrected chi connectivity index (χ3v) is 4.03. The SMILES string of the molecule is CCCn1c(Sc2ncnc(NC)c2C(C)C)n[nH]c1=O. The molecule has 0 aliphatic rings. The Morgan fingerprint density at radius 1 is 1.43 bits per heavy atom. The van der Waals surface area contributed by atoms with Gasteiger partial charge in [-0.25, -0.2) is 19.9 Å². The lowest BCUT2D eigenvalue weighted by molar-refractivity contribution is 0.603. The average Bonchev–Trinajstić information content (AvgIpc) is 2.80. The minimum absolute atomic E-state index is 0.187. The van der Waals surface area contributed by atoms with Gasteiger partial charge < -0.3 is 5.32 Å². The molecule has 2 rings (SSSR count). The molecule has 21 heavy (non-hydrogen) atoms. The number of aromatic amines is 1. The third kappa shape index (κ3) is 3.26. The molecule has 7 nitrogen and oxygen atoms in total. The van der Waals surface area contributed by atoms with Crippen LogP contribution in [0.4, 0.5) is 5.82 Å². The molecule has 0 aromatic carbocycles. The molecular formula is C13H20N6OS. The molecule has 0 fully saturated rings. The van der Waals surface area contributed by atoms with Crippen LogP contribution in [0, 0.1) is 0 Å². The zero-order chi connectivity index (χ0) is 15.4. The minimum Gasteiger partial charge on any atom is -0.373 e. The summed E-state index contributed by atoms with van der Waals surface area (Å²) in [5.41, 5.74) is 0.844. The van der Waals surface area contributed by atoms with Crippen LogP contribution in [-0.4, -0.2) is 31.8 Å². The second-order valence-electron chi connectivity index (χ2n) is 4.91. The number of rotatable bonds is 6. The molecule has 0 aliphatic carbocycles. The van der Waals surface area contributed by atoms with Gasteiger partial charge in [-0.15, -0.1) is 5.10 Å². The Bertz CT molecular complexity index is 663. The Morgan fingerprint density at radius 3 is 2.81 bits per heavy atom. The van der Waals surface area contributed by atoms with Crippen molar-refractivity contribution in [2.45, 2.75) is 49.8 Å². The molecule has 2 aromatic heterocycles. The summed E-state index contributed by atoms with van der Waals surface area (Å²) in [6.07, 6.45) is 2.39. The first kappa shape index (κ1) is 15.6. The van der Waals surface area contributed by atoms with E-state index in [1.54, 1.807) is 4.57 Å². The van der Waals surface area contributed by atoms with E-state index in [4.69, 9.17) is 0 Å². The lowest BCUT2D eigenvalue weighted by Gasteiger charge is -2.14. The van der Waals surface area contributed by atoms with Gasteiger partial charge in [0.25, 0.3) is 0 Å². The fourth-order valence-electron chi connectivity index (χ4n) is 2.07. The molecule has 0 saturated carbocycles. The molecule has 0 bridgehead atoms. The maximum Gasteiger partial charge on any atom is 0.343 e. The molecule has 0 aliphatic heterocycles. The second-order valence-corrected chi connectivity index (χ2v) is 5.87. The first-order chi connectivity index (χ1) is 10.1. The summed E-state index contributed by atoms with van der Waals surface area (Å²) in [5.74, 6) is 1.07. The molecule has 2 N–H and O–H groups in total. The van der Waals surface area contributed by atoms with Crippen molar-refractivity contribution in [1.82, 2.24) is 24.7 Å². The molecule has 8 heteroatoms. The fraction of sp³-hybridized carbons (Fsp3) is 0.538. The Morgan fingerprint density at radius 2 is 2.19 bits per heavy atom. The standard InChI is InChI=1S/C13H20N6OS/c1-5-6-19-12(20)17-18-13(19)21-11-9(8(2)3)10(14-4)15-7-16-11/h7-8H,5-6H2,1-4H3,(H,17,20)(H,14,15,16). The van der Waals surface area contributed by atoms with Gasteiger partial charge in [-0.3, -0.25) is 4.57 Å². The first-order valence-corrected chi connectivity index (χ1v) is 7.75. The molecule has 0 amide bonds. The highest BCUT2D eigenvalue weighted by Gasteiger charge is 2.18. The van der Waals surface area contributed by atoms with Crippen molar-refractivity contribution in [1.29, 1.82) is 0 Å². The summed E-state index contributed by atoms with van der Waals surface area (Å²) >= 11 is 1.39. The largest absolute Gasteiger partial charge is 0.373 e. The van der Waals surface area contributed by atoms with Gasteiger partial charge in [-0.1, -0.05) is 20.8 Å². The molecule has 2 heterocycles. The quantitative estimate of drug-likeness (QED) is 0.794. The van der Waals surface area contributed by atoms with Crippen LogP contribution < -0.4 is 11.0 Å². The van der Waals surface area contributed by atoms with Gasteiger partial charge in [-0.2, -0.15) is 0 Å². The molecule has 0 atom stereocenters. The van der Waals surface area contributed by atoms with Crippen LogP contribution in [0.15, 0.2) is 21.3 Å². The maximum atomic E-state index is 11.7. The monoisotopic (exact) mass is 308 g/mol. The van der Waals surface area contributed by atoms with Crippen LogP contribution in [0.2, 0.25) is 0 Å². The number of nitrogens with one attached hydrogen (secondary N) is 2. The minimum atomic E-state index is -0.187. The van der Waals surface area contributed by atoms with Gasteiger partial charge in [-0.05, 0) is 24.1 Å². The van der Waals surface area contributed by atoms with E-state index in [2.05, 4.69) is 39.3 Å². The molecular weight excluding hydrogens is 288 g/mol. The van der Waals surface area contributed by atoms with Gasteiger partial charge in [0, 0.05) is 19.2 Å². The Kier molecular flexibility index (Phi) is 5.00. The van der Waals surface area contributed by atoms with Gasteiger partial charge in [0.15, 0.2) is 5.16 Å². The maximum absolute atomic E-state index is 11.7. The highest BCUT2D eigenvalue weighted by Crippen LogP contribution is 2.34. The van der Waals surface area contributed by atoms with E-state index < -0.39 is 0 Å². The number of H-pyrrole nitrogens is 1. The number of hydrogen-bond acceptors (Lipinski definition) is 6. The van der Waals surface area contributed by atoms with Gasteiger partial charge in [0.05, 0.1) is 0 Å². The summed E-state index contributed by atoms with van der Waals surface area (Å²) in [5, 5.41) is 11.1. The summed E-state index contributed by atoms with van der Waals surface area (Å²) in [6, 6.07) is 0. The zero-order valence-electron chi connectivity index (χ0n) is 12.7. The highest BCUT2D eigenvalue weighted by molar-refractivity contribution is 7.99. The lowest BCUT2D eigenvalue weighted by Crippen LogP contribution is -2.17. The van der Waals surface area contributed by atoms with Crippen molar-refractivity contribution in [3.8, 4) is 0 Å². The number of aromatic nitrogens is 5. The topological polar surface area (TPSA) is 88.5 Å². The molecule has 0 unspecified atom stereocenters. The zero-order valence-corrected chi connectivity index (χ0v) is 13.5. The molecule has 0 saturated heterocycles. The van der Waals surface area contributed by atoms with E-state index in [9.17, 15) is 4.79 Å². The summed E-state index contributed by atoms with van der Waals surface area (Å²) < 4.78 is 1.63. The van der Waals surface area contributed by atoms with Gasteiger partial charge >= 0.3 is 5.69 Å². The predicted octanol–water partition coefficient (Wildman–Crippen LogP) is 2.09. The lowest BCUT2D eigenvalue weighted by atomic mass is 10.1.